The first-order chi connectivity index (χ1) is 11.1. The quantitative estimate of drug-likeness (QED) is 0.762. The van der Waals surface area contributed by atoms with Crippen LogP contribution in [0, 0.1) is 5.82 Å². The van der Waals surface area contributed by atoms with Crippen molar-refractivity contribution < 1.29 is 18.7 Å². The van der Waals surface area contributed by atoms with Gasteiger partial charge in [0.2, 0.25) is 0 Å². The summed E-state index contributed by atoms with van der Waals surface area (Å²) in [4.78, 5) is 11.9. The molecule has 122 valence electrons. The van der Waals surface area contributed by atoms with Crippen LogP contribution in [0.25, 0.3) is 0 Å². The standard InChI is InChI=1S/C18H20FNO3/c1-14(23-17-9-7-16(19)8-10-17)18(21)20-11-12-22-13-15-5-3-2-4-6-15/h2-10,14H,11-13H2,1H3,(H,20,21)/t14-/m1/s1. The molecule has 0 aliphatic carbocycles. The largest absolute Gasteiger partial charge is 0.481 e. The maximum atomic E-state index is 12.8. The molecule has 0 aliphatic heterocycles. The number of benzene rings is 2. The summed E-state index contributed by atoms with van der Waals surface area (Å²) < 4.78 is 23.7. The van der Waals surface area contributed by atoms with Crippen molar-refractivity contribution >= 4 is 5.91 Å². The molecule has 2 aromatic carbocycles. The average molecular weight is 317 g/mol. The van der Waals surface area contributed by atoms with Gasteiger partial charge in [0.05, 0.1) is 13.2 Å². The molecule has 1 amide bonds. The fraction of sp³-hybridized carbons (Fsp3) is 0.278. The number of ether oxygens (including phenoxy) is 2. The van der Waals surface area contributed by atoms with E-state index in [9.17, 15) is 9.18 Å². The van der Waals surface area contributed by atoms with E-state index in [1.54, 1.807) is 6.92 Å². The first-order valence-corrected chi connectivity index (χ1v) is 7.47. The number of carbonyl (C=O) groups excluding carboxylic acids is 1. The van der Waals surface area contributed by atoms with Gasteiger partial charge in [-0.1, -0.05) is 30.3 Å². The van der Waals surface area contributed by atoms with E-state index in [-0.39, 0.29) is 11.7 Å². The van der Waals surface area contributed by atoms with Crippen LogP contribution in [0.3, 0.4) is 0 Å². The van der Waals surface area contributed by atoms with E-state index in [0.29, 0.717) is 25.5 Å². The minimum atomic E-state index is -0.658. The molecule has 0 unspecified atom stereocenters. The van der Waals surface area contributed by atoms with Crippen molar-refractivity contribution in [3.05, 3.63) is 66.0 Å². The molecular weight excluding hydrogens is 297 g/mol. The molecule has 23 heavy (non-hydrogen) atoms. The van der Waals surface area contributed by atoms with Crippen molar-refractivity contribution in [1.82, 2.24) is 5.32 Å². The van der Waals surface area contributed by atoms with Crippen molar-refractivity contribution in [2.75, 3.05) is 13.2 Å². The Morgan fingerprint density at radius 1 is 1.13 bits per heavy atom. The second-order valence-corrected chi connectivity index (χ2v) is 5.04. The second kappa shape index (κ2) is 8.90. The van der Waals surface area contributed by atoms with Crippen LogP contribution in [0.5, 0.6) is 5.75 Å². The van der Waals surface area contributed by atoms with Crippen molar-refractivity contribution in [3.8, 4) is 5.75 Å². The zero-order valence-electron chi connectivity index (χ0n) is 13.0. The van der Waals surface area contributed by atoms with Gasteiger partial charge in [0, 0.05) is 6.54 Å². The summed E-state index contributed by atoms with van der Waals surface area (Å²) in [6.07, 6.45) is -0.658. The van der Waals surface area contributed by atoms with Crippen LogP contribution < -0.4 is 10.1 Å². The van der Waals surface area contributed by atoms with Crippen LogP contribution in [-0.4, -0.2) is 25.2 Å². The van der Waals surface area contributed by atoms with Crippen molar-refractivity contribution in [2.45, 2.75) is 19.6 Å². The molecule has 2 aromatic rings. The highest BCUT2D eigenvalue weighted by Gasteiger charge is 2.13. The third-order valence-corrected chi connectivity index (χ3v) is 3.15. The second-order valence-electron chi connectivity index (χ2n) is 5.04. The van der Waals surface area contributed by atoms with Gasteiger partial charge in [0.25, 0.3) is 5.91 Å². The summed E-state index contributed by atoms with van der Waals surface area (Å²) in [6, 6.07) is 15.4. The van der Waals surface area contributed by atoms with Gasteiger partial charge >= 0.3 is 0 Å². The summed E-state index contributed by atoms with van der Waals surface area (Å²) in [7, 11) is 0. The van der Waals surface area contributed by atoms with Gasteiger partial charge in [-0.25, -0.2) is 4.39 Å². The fourth-order valence-electron chi connectivity index (χ4n) is 1.93. The number of hydrogen-bond donors (Lipinski definition) is 1. The highest BCUT2D eigenvalue weighted by atomic mass is 19.1. The number of halogens is 1. The summed E-state index contributed by atoms with van der Waals surface area (Å²) in [6.45, 7) is 2.98. The van der Waals surface area contributed by atoms with Gasteiger partial charge < -0.3 is 14.8 Å². The molecule has 0 bridgehead atoms. The first kappa shape index (κ1) is 17.0. The Labute approximate surface area is 135 Å². The van der Waals surface area contributed by atoms with E-state index in [2.05, 4.69) is 5.32 Å². The molecule has 0 spiro atoms. The lowest BCUT2D eigenvalue weighted by Crippen LogP contribution is -2.38. The normalized spacial score (nSPS) is 11.7. The van der Waals surface area contributed by atoms with E-state index in [1.165, 1.54) is 24.3 Å². The van der Waals surface area contributed by atoms with Gasteiger partial charge in [-0.3, -0.25) is 4.79 Å². The molecule has 2 rings (SSSR count). The zero-order valence-corrected chi connectivity index (χ0v) is 13.0. The Morgan fingerprint density at radius 2 is 1.83 bits per heavy atom. The van der Waals surface area contributed by atoms with Gasteiger partial charge in [-0.05, 0) is 36.8 Å². The molecule has 0 aliphatic rings. The van der Waals surface area contributed by atoms with E-state index in [4.69, 9.17) is 9.47 Å². The van der Waals surface area contributed by atoms with Crippen LogP contribution in [0.2, 0.25) is 0 Å². The summed E-state index contributed by atoms with van der Waals surface area (Å²) in [5, 5.41) is 2.74. The zero-order chi connectivity index (χ0) is 16.5. The number of rotatable bonds is 8. The Morgan fingerprint density at radius 3 is 2.52 bits per heavy atom. The minimum Gasteiger partial charge on any atom is -0.481 e. The Hall–Kier alpha value is -2.40. The van der Waals surface area contributed by atoms with E-state index < -0.39 is 6.10 Å². The van der Waals surface area contributed by atoms with Crippen LogP contribution >= 0.6 is 0 Å². The maximum Gasteiger partial charge on any atom is 0.260 e. The van der Waals surface area contributed by atoms with Crippen LogP contribution in [0.15, 0.2) is 54.6 Å². The molecule has 1 atom stereocenters. The van der Waals surface area contributed by atoms with Crippen LogP contribution in [0.4, 0.5) is 4.39 Å². The number of amides is 1. The molecule has 0 saturated carbocycles. The predicted molar refractivity (Wildman–Crippen MR) is 85.6 cm³/mol. The average Bonchev–Trinajstić information content (AvgIpc) is 2.57. The molecule has 0 heterocycles. The number of nitrogens with one attached hydrogen (secondary N) is 1. The molecule has 4 nitrogen and oxygen atoms in total. The lowest BCUT2D eigenvalue weighted by atomic mass is 10.2. The highest BCUT2D eigenvalue weighted by Crippen LogP contribution is 2.12. The molecule has 0 fully saturated rings. The van der Waals surface area contributed by atoms with E-state index >= 15 is 0 Å². The Kier molecular flexibility index (Phi) is 6.56. The summed E-state index contributed by atoms with van der Waals surface area (Å²) in [5.74, 6) is -0.128. The molecule has 0 saturated heterocycles. The van der Waals surface area contributed by atoms with Gasteiger partial charge in [0.15, 0.2) is 6.10 Å². The fourth-order valence-corrected chi connectivity index (χ4v) is 1.93. The topological polar surface area (TPSA) is 47.6 Å². The number of hydrogen-bond acceptors (Lipinski definition) is 3. The summed E-state index contributed by atoms with van der Waals surface area (Å²) in [5.41, 5.74) is 1.09. The van der Waals surface area contributed by atoms with Crippen LogP contribution in [-0.2, 0) is 16.1 Å². The smallest absolute Gasteiger partial charge is 0.260 e. The van der Waals surface area contributed by atoms with Gasteiger partial charge in [-0.2, -0.15) is 0 Å². The lowest BCUT2D eigenvalue weighted by Gasteiger charge is -2.14. The first-order valence-electron chi connectivity index (χ1n) is 7.47. The third-order valence-electron chi connectivity index (χ3n) is 3.15. The van der Waals surface area contributed by atoms with Gasteiger partial charge in [-0.15, -0.1) is 0 Å². The monoisotopic (exact) mass is 317 g/mol. The third kappa shape index (κ3) is 6.08. The Bertz CT molecular complexity index is 601. The number of carbonyl (C=O) groups is 1. The van der Waals surface area contributed by atoms with E-state index in [1.807, 2.05) is 30.3 Å². The summed E-state index contributed by atoms with van der Waals surface area (Å²) >= 11 is 0. The highest BCUT2D eigenvalue weighted by molar-refractivity contribution is 5.80. The maximum absolute atomic E-state index is 12.8. The van der Waals surface area contributed by atoms with Crippen molar-refractivity contribution in [2.24, 2.45) is 0 Å². The molecule has 1 N–H and O–H groups in total. The molecule has 0 radical (unpaired) electrons. The SMILES string of the molecule is C[C@@H](Oc1ccc(F)cc1)C(=O)NCCOCc1ccccc1. The minimum absolute atomic E-state index is 0.238. The Balaban J connectivity index is 1.63. The lowest BCUT2D eigenvalue weighted by molar-refractivity contribution is -0.127. The van der Waals surface area contributed by atoms with Gasteiger partial charge in [0.1, 0.15) is 11.6 Å². The molecular formula is C18H20FNO3. The molecule has 5 heteroatoms. The van der Waals surface area contributed by atoms with Crippen molar-refractivity contribution in [3.63, 3.8) is 0 Å². The van der Waals surface area contributed by atoms with E-state index in [0.717, 1.165) is 5.56 Å². The van der Waals surface area contributed by atoms with Crippen molar-refractivity contribution in [1.29, 1.82) is 0 Å². The van der Waals surface area contributed by atoms with Crippen LogP contribution in [0.1, 0.15) is 12.5 Å². The molecule has 0 aromatic heterocycles. The predicted octanol–water partition coefficient (Wildman–Crippen LogP) is 2.93.